The maximum atomic E-state index is 5.53. The van der Waals surface area contributed by atoms with Crippen molar-refractivity contribution in [2.75, 3.05) is 0 Å². The van der Waals surface area contributed by atoms with Crippen LogP contribution in [0.2, 0.25) is 0 Å². The van der Waals surface area contributed by atoms with Crippen LogP contribution >= 0.6 is 36.6 Å². The smallest absolute Gasteiger partial charge is 0.0262 e. The first-order valence-corrected chi connectivity index (χ1v) is 3.06. The van der Waals surface area contributed by atoms with E-state index >= 15 is 0 Å². The lowest BCUT2D eigenvalue weighted by Crippen LogP contribution is -2.16. The van der Waals surface area contributed by atoms with E-state index in [0.717, 1.165) is 11.3 Å². The highest BCUT2D eigenvalue weighted by molar-refractivity contribution is 14.0. The van der Waals surface area contributed by atoms with Gasteiger partial charge in [-0.05, 0) is 11.3 Å². The predicted molar refractivity (Wildman–Crippen MR) is 57.8 cm³/mol. The van der Waals surface area contributed by atoms with Crippen molar-refractivity contribution in [1.29, 1.82) is 0 Å². The standard InChI is InChI=1S/C6H9NS.HI.H2O/c7-5-1-3-6(8)4-2-5;;/h1,3-5,8H,2,7H2;1H;1H2. The van der Waals surface area contributed by atoms with E-state index in [4.69, 9.17) is 5.73 Å². The number of halogens is 1. The van der Waals surface area contributed by atoms with Crippen LogP contribution in [0.15, 0.2) is 23.1 Å². The summed E-state index contributed by atoms with van der Waals surface area (Å²) < 4.78 is 0. The third kappa shape index (κ3) is 4.32. The van der Waals surface area contributed by atoms with Gasteiger partial charge in [-0.2, -0.15) is 0 Å². The van der Waals surface area contributed by atoms with Gasteiger partial charge in [0.15, 0.2) is 0 Å². The van der Waals surface area contributed by atoms with Gasteiger partial charge in [-0.1, -0.05) is 18.2 Å². The molecule has 0 saturated heterocycles. The molecule has 0 amide bonds. The van der Waals surface area contributed by atoms with E-state index in [1.807, 2.05) is 18.2 Å². The highest BCUT2D eigenvalue weighted by Crippen LogP contribution is 2.10. The number of hydrogen-bond acceptors (Lipinski definition) is 2. The average Bonchev–Trinajstić information content (AvgIpc) is 1.77. The molecule has 0 saturated carbocycles. The van der Waals surface area contributed by atoms with Crippen LogP contribution < -0.4 is 5.73 Å². The van der Waals surface area contributed by atoms with Gasteiger partial charge in [0, 0.05) is 6.04 Å². The van der Waals surface area contributed by atoms with Gasteiger partial charge < -0.3 is 11.2 Å². The van der Waals surface area contributed by atoms with Crippen LogP contribution in [0, 0.1) is 0 Å². The summed E-state index contributed by atoms with van der Waals surface area (Å²) in [5.41, 5.74) is 5.53. The quantitative estimate of drug-likeness (QED) is 0.499. The molecule has 0 aromatic carbocycles. The Bertz CT molecular complexity index is 147. The van der Waals surface area contributed by atoms with Gasteiger partial charge in [0.25, 0.3) is 0 Å². The highest BCUT2D eigenvalue weighted by Gasteiger charge is 1.98. The first kappa shape index (κ1) is 13.1. The molecule has 60 valence electrons. The van der Waals surface area contributed by atoms with Crippen molar-refractivity contribution >= 4 is 36.6 Å². The van der Waals surface area contributed by atoms with E-state index in [-0.39, 0.29) is 35.5 Å². The average molecular weight is 273 g/mol. The van der Waals surface area contributed by atoms with Gasteiger partial charge in [0.2, 0.25) is 0 Å². The lowest BCUT2D eigenvalue weighted by Gasteiger charge is -2.06. The summed E-state index contributed by atoms with van der Waals surface area (Å²) in [6.45, 7) is 0. The van der Waals surface area contributed by atoms with E-state index in [2.05, 4.69) is 12.6 Å². The van der Waals surface area contributed by atoms with Crippen molar-refractivity contribution in [2.45, 2.75) is 12.5 Å². The van der Waals surface area contributed by atoms with E-state index in [0.29, 0.717) is 0 Å². The molecule has 1 aliphatic rings. The Morgan fingerprint density at radius 2 is 2.20 bits per heavy atom. The molecule has 0 aromatic heterocycles. The van der Waals surface area contributed by atoms with E-state index in [1.165, 1.54) is 0 Å². The summed E-state index contributed by atoms with van der Waals surface area (Å²) in [4.78, 5) is 1.02. The minimum absolute atomic E-state index is 0. The normalized spacial score (nSPS) is 22.2. The van der Waals surface area contributed by atoms with Crippen LogP contribution in [0.1, 0.15) is 6.42 Å². The first-order valence-electron chi connectivity index (χ1n) is 2.62. The van der Waals surface area contributed by atoms with Crippen LogP contribution in [0.3, 0.4) is 0 Å². The molecule has 0 heterocycles. The van der Waals surface area contributed by atoms with Crippen molar-refractivity contribution in [3.05, 3.63) is 23.1 Å². The van der Waals surface area contributed by atoms with Crippen molar-refractivity contribution < 1.29 is 5.48 Å². The Labute approximate surface area is 83.3 Å². The van der Waals surface area contributed by atoms with Gasteiger partial charge in [0.1, 0.15) is 0 Å². The summed E-state index contributed by atoms with van der Waals surface area (Å²) in [6.07, 6.45) is 6.84. The van der Waals surface area contributed by atoms with Gasteiger partial charge in [0.05, 0.1) is 0 Å². The molecule has 4 N–H and O–H groups in total. The second kappa shape index (κ2) is 6.21. The number of rotatable bonds is 0. The summed E-state index contributed by atoms with van der Waals surface area (Å²) in [6, 6.07) is 0.214. The minimum atomic E-state index is 0. The number of thiol groups is 1. The van der Waals surface area contributed by atoms with Crippen LogP contribution in [0.4, 0.5) is 0 Å². The molecule has 0 aromatic rings. The Morgan fingerprint density at radius 3 is 2.50 bits per heavy atom. The lowest BCUT2D eigenvalue weighted by molar-refractivity contribution is 0.824. The van der Waals surface area contributed by atoms with Gasteiger partial charge in [-0.25, -0.2) is 0 Å². The maximum Gasteiger partial charge on any atom is 0.0262 e. The van der Waals surface area contributed by atoms with Gasteiger partial charge in [-0.3, -0.25) is 0 Å². The predicted octanol–water partition coefficient (Wildman–Crippen LogP) is 0.881. The number of hydrogen-bond donors (Lipinski definition) is 2. The molecule has 10 heavy (non-hydrogen) atoms. The fourth-order valence-corrected chi connectivity index (χ4v) is 0.817. The maximum absolute atomic E-state index is 5.53. The zero-order valence-corrected chi connectivity index (χ0v) is 8.67. The van der Waals surface area contributed by atoms with Crippen LogP contribution in [0.25, 0.3) is 0 Å². The molecule has 1 rings (SSSR count). The summed E-state index contributed by atoms with van der Waals surface area (Å²) >= 11 is 4.12. The number of nitrogens with two attached hydrogens (primary N) is 1. The van der Waals surface area contributed by atoms with Crippen molar-refractivity contribution in [3.8, 4) is 0 Å². The Kier molecular flexibility index (Phi) is 8.13. The van der Waals surface area contributed by atoms with Gasteiger partial charge >= 0.3 is 0 Å². The van der Waals surface area contributed by atoms with E-state index in [9.17, 15) is 0 Å². The molecule has 0 radical (unpaired) electrons. The first-order chi connectivity index (χ1) is 3.79. The third-order valence-corrected chi connectivity index (χ3v) is 1.44. The minimum Gasteiger partial charge on any atom is -0.412 e. The molecule has 1 aliphatic carbocycles. The third-order valence-electron chi connectivity index (χ3n) is 1.11. The monoisotopic (exact) mass is 273 g/mol. The second-order valence-electron chi connectivity index (χ2n) is 1.89. The van der Waals surface area contributed by atoms with Crippen LogP contribution in [-0.4, -0.2) is 11.5 Å². The SMILES string of the molecule is I.NC1C=CC(S)=CC1.O. The molecule has 4 heteroatoms. The van der Waals surface area contributed by atoms with E-state index < -0.39 is 0 Å². The zero-order chi connectivity index (χ0) is 5.98. The fourth-order valence-electron chi connectivity index (χ4n) is 0.626. The lowest BCUT2D eigenvalue weighted by atomic mass is 10.1. The van der Waals surface area contributed by atoms with Crippen LogP contribution in [0.5, 0.6) is 0 Å². The van der Waals surface area contributed by atoms with E-state index in [1.54, 1.807) is 0 Å². The largest absolute Gasteiger partial charge is 0.412 e. The Morgan fingerprint density at radius 1 is 1.60 bits per heavy atom. The topological polar surface area (TPSA) is 57.5 Å². The molecule has 2 nitrogen and oxygen atoms in total. The summed E-state index contributed by atoms with van der Waals surface area (Å²) in [7, 11) is 0. The number of allylic oxidation sites excluding steroid dienone is 1. The molecule has 1 atom stereocenters. The van der Waals surface area contributed by atoms with Crippen molar-refractivity contribution in [3.63, 3.8) is 0 Å². The molecular formula is C6H12INOS. The fraction of sp³-hybridized carbons (Fsp3) is 0.333. The molecule has 0 bridgehead atoms. The Balaban J connectivity index is 0. The summed E-state index contributed by atoms with van der Waals surface area (Å²) in [5.74, 6) is 0. The molecule has 0 fully saturated rings. The zero-order valence-electron chi connectivity index (χ0n) is 5.45. The van der Waals surface area contributed by atoms with Crippen molar-refractivity contribution in [2.24, 2.45) is 5.73 Å². The molecular weight excluding hydrogens is 261 g/mol. The summed E-state index contributed by atoms with van der Waals surface area (Å²) in [5, 5.41) is 0. The Hall–Kier alpha value is 0.480. The second-order valence-corrected chi connectivity index (χ2v) is 2.40. The van der Waals surface area contributed by atoms with Crippen LogP contribution in [-0.2, 0) is 0 Å². The highest BCUT2D eigenvalue weighted by atomic mass is 127. The van der Waals surface area contributed by atoms with Gasteiger partial charge in [-0.15, -0.1) is 36.6 Å². The molecule has 0 spiro atoms. The molecule has 1 unspecified atom stereocenters. The molecule has 0 aliphatic heterocycles. The van der Waals surface area contributed by atoms with Crippen molar-refractivity contribution in [1.82, 2.24) is 0 Å².